The first-order valence-electron chi connectivity index (χ1n) is 37.1. The number of carbonyl (C=O) groups excluding carboxylic acids is 2. The fraction of sp³-hybridized carbons (Fsp3) is 0.842. The van der Waals surface area contributed by atoms with E-state index in [1.807, 2.05) is 6.08 Å². The maximum absolute atomic E-state index is 13.0. The monoisotopic (exact) mass is 1230 g/mol. The number of esters is 1. The normalized spacial score (nSPS) is 18.2. The molecule has 7 unspecified atom stereocenters. The summed E-state index contributed by atoms with van der Waals surface area (Å²) in [5, 5.41) is 54.3. The summed E-state index contributed by atoms with van der Waals surface area (Å²) >= 11 is 0. The molecule has 1 heterocycles. The Bertz CT molecular complexity index is 1630. The zero-order valence-corrected chi connectivity index (χ0v) is 56.5. The van der Waals surface area contributed by atoms with Crippen LogP contribution in [0.4, 0.5) is 0 Å². The fourth-order valence-electron chi connectivity index (χ4n) is 11.6. The quantitative estimate of drug-likeness (QED) is 0.0195. The third-order valence-electron chi connectivity index (χ3n) is 17.3. The predicted octanol–water partition coefficient (Wildman–Crippen LogP) is 19.3. The summed E-state index contributed by atoms with van der Waals surface area (Å²) in [5.41, 5.74) is 0. The first-order valence-corrected chi connectivity index (χ1v) is 37.1. The molecule has 87 heavy (non-hydrogen) atoms. The second kappa shape index (κ2) is 64.9. The van der Waals surface area contributed by atoms with E-state index in [1.165, 1.54) is 244 Å². The van der Waals surface area contributed by atoms with E-state index in [0.29, 0.717) is 19.4 Å². The minimum Gasteiger partial charge on any atom is -0.466 e. The molecule has 1 fully saturated rings. The third-order valence-corrected chi connectivity index (χ3v) is 17.3. The molecule has 0 aliphatic carbocycles. The molecule has 1 aliphatic rings. The van der Waals surface area contributed by atoms with Crippen LogP contribution in [0.2, 0.25) is 0 Å². The summed E-state index contributed by atoms with van der Waals surface area (Å²) in [6, 6.07) is -0.834. The molecule has 0 aromatic heterocycles. The van der Waals surface area contributed by atoms with Gasteiger partial charge in [-0.3, -0.25) is 9.59 Å². The molecule has 0 spiro atoms. The standard InChI is InChI=1S/C76H139NO10/c1-3-5-7-9-11-13-15-16-17-18-35-38-41-44-48-52-56-60-64-72(81)85-65-61-57-53-49-45-42-39-36-33-31-29-27-25-23-21-19-20-22-24-26-28-30-32-34-37-40-43-47-51-55-59-63-71(80)77-68(67-86-76-75(84)74(83)73(82)70(66-78)87-76)69(79)62-58-54-50-46-14-12-10-8-6-4-2/h6,8,14,21,23,27,29,46,58,62,68-70,73-76,78-79,82-84H,3-5,7,9-13,15-20,22,24-26,28,30-45,47-57,59-61,63-67H2,1-2H3,(H,77,80)/b8-6+,23-21-,29-27-,46-14+,62-58+. The zero-order chi connectivity index (χ0) is 63.0. The number of carbonyl (C=O) groups is 2. The smallest absolute Gasteiger partial charge is 0.305 e. The van der Waals surface area contributed by atoms with Gasteiger partial charge in [0, 0.05) is 12.8 Å². The van der Waals surface area contributed by atoms with Crippen LogP contribution in [0.15, 0.2) is 60.8 Å². The van der Waals surface area contributed by atoms with Crippen molar-refractivity contribution in [2.24, 2.45) is 0 Å². The molecular formula is C76H139NO10. The summed E-state index contributed by atoms with van der Waals surface area (Å²) in [6.07, 6.45) is 76.8. The number of aliphatic hydroxyl groups excluding tert-OH is 5. The molecule has 0 bridgehead atoms. The third kappa shape index (κ3) is 53.7. The second-order valence-electron chi connectivity index (χ2n) is 25.6. The highest BCUT2D eigenvalue weighted by molar-refractivity contribution is 5.76. The lowest BCUT2D eigenvalue weighted by atomic mass is 9.99. The number of aliphatic hydroxyl groups is 5. The van der Waals surface area contributed by atoms with Crippen molar-refractivity contribution in [1.82, 2.24) is 5.32 Å². The van der Waals surface area contributed by atoms with E-state index in [4.69, 9.17) is 14.2 Å². The predicted molar refractivity (Wildman–Crippen MR) is 366 cm³/mol. The van der Waals surface area contributed by atoms with E-state index in [-0.39, 0.29) is 18.5 Å². The molecule has 11 nitrogen and oxygen atoms in total. The van der Waals surface area contributed by atoms with E-state index in [9.17, 15) is 35.1 Å². The van der Waals surface area contributed by atoms with Crippen LogP contribution in [0.3, 0.4) is 0 Å². The molecule has 0 aromatic rings. The van der Waals surface area contributed by atoms with Crippen LogP contribution in [-0.2, 0) is 23.8 Å². The number of unbranched alkanes of at least 4 members (excludes halogenated alkanes) is 43. The van der Waals surface area contributed by atoms with E-state index < -0.39 is 49.5 Å². The molecule has 1 amide bonds. The van der Waals surface area contributed by atoms with Gasteiger partial charge in [0.05, 0.1) is 32.0 Å². The van der Waals surface area contributed by atoms with Gasteiger partial charge in [-0.25, -0.2) is 0 Å². The number of nitrogens with one attached hydrogen (secondary N) is 1. The number of ether oxygens (including phenoxy) is 3. The van der Waals surface area contributed by atoms with E-state index in [1.54, 1.807) is 6.08 Å². The van der Waals surface area contributed by atoms with Gasteiger partial charge < -0.3 is 45.1 Å². The lowest BCUT2D eigenvalue weighted by molar-refractivity contribution is -0.302. The summed E-state index contributed by atoms with van der Waals surface area (Å²) < 4.78 is 16.7. The van der Waals surface area contributed by atoms with Gasteiger partial charge in [0.2, 0.25) is 5.91 Å². The van der Waals surface area contributed by atoms with Crippen LogP contribution in [-0.4, -0.2) is 100 Å². The van der Waals surface area contributed by atoms with Crippen molar-refractivity contribution in [3.05, 3.63) is 60.8 Å². The Morgan fingerprint density at radius 2 is 0.816 bits per heavy atom. The molecule has 508 valence electrons. The number of hydrogen-bond acceptors (Lipinski definition) is 10. The molecule has 0 saturated carbocycles. The van der Waals surface area contributed by atoms with Crippen LogP contribution >= 0.6 is 0 Å². The second-order valence-corrected chi connectivity index (χ2v) is 25.6. The Morgan fingerprint density at radius 3 is 1.25 bits per heavy atom. The van der Waals surface area contributed by atoms with E-state index >= 15 is 0 Å². The first kappa shape index (κ1) is 82.4. The highest BCUT2D eigenvalue weighted by Gasteiger charge is 2.44. The van der Waals surface area contributed by atoms with Crippen molar-refractivity contribution in [2.75, 3.05) is 19.8 Å². The lowest BCUT2D eigenvalue weighted by Crippen LogP contribution is -2.60. The van der Waals surface area contributed by atoms with E-state index in [0.717, 1.165) is 77.0 Å². The molecule has 0 aromatic carbocycles. The average Bonchev–Trinajstić information content (AvgIpc) is 2.05. The van der Waals surface area contributed by atoms with Gasteiger partial charge >= 0.3 is 5.97 Å². The number of amides is 1. The summed E-state index contributed by atoms with van der Waals surface area (Å²) in [6.45, 7) is 4.23. The topological polar surface area (TPSA) is 175 Å². The Kier molecular flexibility index (Phi) is 61.4. The van der Waals surface area contributed by atoms with Gasteiger partial charge in [0.25, 0.3) is 0 Å². The van der Waals surface area contributed by atoms with Crippen LogP contribution < -0.4 is 5.32 Å². The van der Waals surface area contributed by atoms with E-state index in [2.05, 4.69) is 67.8 Å². The van der Waals surface area contributed by atoms with Crippen molar-refractivity contribution < 1.29 is 49.3 Å². The number of rotatable bonds is 65. The van der Waals surface area contributed by atoms with Crippen molar-refractivity contribution in [2.45, 2.75) is 391 Å². The largest absolute Gasteiger partial charge is 0.466 e. The van der Waals surface area contributed by atoms with Crippen molar-refractivity contribution >= 4 is 11.9 Å². The molecule has 1 rings (SSSR count). The molecule has 6 N–H and O–H groups in total. The van der Waals surface area contributed by atoms with Crippen LogP contribution in [0.25, 0.3) is 0 Å². The van der Waals surface area contributed by atoms with Crippen LogP contribution in [0, 0.1) is 0 Å². The Labute approximate surface area is 535 Å². The lowest BCUT2D eigenvalue weighted by Gasteiger charge is -2.40. The summed E-state index contributed by atoms with van der Waals surface area (Å²) in [5.74, 6) is -0.188. The Balaban J connectivity index is 1.92. The minimum atomic E-state index is -1.58. The zero-order valence-electron chi connectivity index (χ0n) is 56.5. The highest BCUT2D eigenvalue weighted by atomic mass is 16.7. The highest BCUT2D eigenvalue weighted by Crippen LogP contribution is 2.23. The Hall–Kier alpha value is -2.64. The fourth-order valence-corrected chi connectivity index (χ4v) is 11.6. The molecular weight excluding hydrogens is 1090 g/mol. The summed E-state index contributed by atoms with van der Waals surface area (Å²) in [7, 11) is 0. The number of hydrogen-bond donors (Lipinski definition) is 6. The SMILES string of the molecule is CC/C=C/CC/C=C/CC/C=C/C(O)C(COC1OC(CO)C(O)C(O)C1O)NC(=O)CCCCCCCCCCCCCCCCC/C=C\C/C=C\CCCCCCCCCCCOC(=O)CCCCCCCCCCCCCCCCCCCC. The molecule has 7 atom stereocenters. The van der Waals surface area contributed by atoms with Gasteiger partial charge in [-0.2, -0.15) is 0 Å². The van der Waals surface area contributed by atoms with Gasteiger partial charge in [0.1, 0.15) is 24.4 Å². The van der Waals surface area contributed by atoms with Crippen molar-refractivity contribution in [3.63, 3.8) is 0 Å². The minimum absolute atomic E-state index is 0.00924. The first-order chi connectivity index (χ1) is 42.7. The molecule has 0 radical (unpaired) electrons. The van der Waals surface area contributed by atoms with Gasteiger partial charge in [-0.15, -0.1) is 0 Å². The average molecular weight is 1230 g/mol. The molecule has 11 heteroatoms. The molecule has 1 aliphatic heterocycles. The van der Waals surface area contributed by atoms with Gasteiger partial charge in [0.15, 0.2) is 6.29 Å². The maximum atomic E-state index is 13.0. The van der Waals surface area contributed by atoms with Gasteiger partial charge in [-0.05, 0) is 83.5 Å². The Morgan fingerprint density at radius 1 is 0.437 bits per heavy atom. The van der Waals surface area contributed by atoms with Crippen LogP contribution in [0.5, 0.6) is 0 Å². The van der Waals surface area contributed by atoms with Gasteiger partial charge in [-0.1, -0.05) is 312 Å². The van der Waals surface area contributed by atoms with Crippen molar-refractivity contribution in [1.29, 1.82) is 0 Å². The number of allylic oxidation sites excluding steroid dienone is 9. The van der Waals surface area contributed by atoms with Crippen LogP contribution in [0.1, 0.15) is 348 Å². The van der Waals surface area contributed by atoms with Crippen molar-refractivity contribution in [3.8, 4) is 0 Å². The summed E-state index contributed by atoms with van der Waals surface area (Å²) in [4.78, 5) is 25.1. The molecule has 1 saturated heterocycles. The maximum Gasteiger partial charge on any atom is 0.305 e.